The molecule has 7 aromatic rings. The highest BCUT2D eigenvalue weighted by atomic mass is 16.5. The molecule has 0 spiro atoms. The summed E-state index contributed by atoms with van der Waals surface area (Å²) in [6.07, 6.45) is 5.61. The molecule has 4 aromatic carbocycles. The lowest BCUT2D eigenvalue weighted by atomic mass is 9.89. The SMILES string of the molecule is CCc1cccc(CC)c1-c1c(CC)nn(-c2cccc(Oc3ccc4c5ccccc5n(-c5cc(C)ccn5)c4c3)c2)c1CC. The summed E-state index contributed by atoms with van der Waals surface area (Å²) in [7, 11) is 0. The minimum Gasteiger partial charge on any atom is -0.457 e. The number of aromatic nitrogens is 4. The maximum atomic E-state index is 6.58. The molecule has 0 saturated heterocycles. The average molecular weight is 605 g/mol. The number of ether oxygens (including phenoxy) is 1. The van der Waals surface area contributed by atoms with Crippen molar-refractivity contribution in [2.45, 2.75) is 60.3 Å². The third-order valence-corrected chi connectivity index (χ3v) is 9.05. The molecule has 0 unspecified atom stereocenters. The van der Waals surface area contributed by atoms with Crippen molar-refractivity contribution in [3.8, 4) is 34.1 Å². The number of fused-ring (bicyclic) bond motifs is 3. The molecular weight excluding hydrogens is 564 g/mol. The number of hydrogen-bond acceptors (Lipinski definition) is 3. The molecule has 0 fully saturated rings. The van der Waals surface area contributed by atoms with Crippen LogP contribution in [0, 0.1) is 6.92 Å². The van der Waals surface area contributed by atoms with Crippen LogP contribution in [-0.4, -0.2) is 19.3 Å². The summed E-state index contributed by atoms with van der Waals surface area (Å²) in [4.78, 5) is 4.73. The van der Waals surface area contributed by atoms with E-state index in [1.54, 1.807) is 0 Å². The fourth-order valence-corrected chi connectivity index (χ4v) is 6.86. The van der Waals surface area contributed by atoms with Crippen molar-refractivity contribution in [1.82, 2.24) is 19.3 Å². The number of aryl methyl sites for hydroxylation is 4. The quantitative estimate of drug-likeness (QED) is 0.165. The first-order valence-electron chi connectivity index (χ1n) is 16.5. The molecule has 46 heavy (non-hydrogen) atoms. The van der Waals surface area contributed by atoms with Crippen LogP contribution in [0.1, 0.15) is 55.8 Å². The van der Waals surface area contributed by atoms with E-state index in [4.69, 9.17) is 14.8 Å². The standard InChI is InChI=1S/C41H40N4O/c1-6-28-14-12-15-29(7-2)40(28)41-35(8-3)43-45(36(41)9-4)30-16-13-17-31(25-30)46-32-20-21-34-33-18-10-11-19-37(33)44(38(34)26-32)39-24-27(5)22-23-42-39/h10-26H,6-9H2,1-5H3. The van der Waals surface area contributed by atoms with Crippen LogP contribution in [0.25, 0.3) is 44.4 Å². The van der Waals surface area contributed by atoms with Crippen molar-refractivity contribution < 1.29 is 4.74 Å². The Kier molecular flexibility index (Phi) is 7.91. The predicted molar refractivity (Wildman–Crippen MR) is 190 cm³/mol. The number of rotatable bonds is 9. The summed E-state index contributed by atoms with van der Waals surface area (Å²) in [5, 5.41) is 7.58. The Morgan fingerprint density at radius 2 is 1.37 bits per heavy atom. The number of hydrogen-bond donors (Lipinski definition) is 0. The van der Waals surface area contributed by atoms with Gasteiger partial charge >= 0.3 is 0 Å². The molecular formula is C41H40N4O. The molecule has 0 atom stereocenters. The molecule has 3 aromatic heterocycles. The lowest BCUT2D eigenvalue weighted by Gasteiger charge is -2.16. The predicted octanol–water partition coefficient (Wildman–Crippen LogP) is 10.4. The van der Waals surface area contributed by atoms with Gasteiger partial charge in [0.1, 0.15) is 17.3 Å². The molecule has 0 radical (unpaired) electrons. The summed E-state index contributed by atoms with van der Waals surface area (Å²) in [5.41, 5.74) is 12.2. The van der Waals surface area contributed by atoms with Gasteiger partial charge in [-0.2, -0.15) is 5.10 Å². The second-order valence-electron chi connectivity index (χ2n) is 11.9. The van der Waals surface area contributed by atoms with Gasteiger partial charge in [-0.1, -0.05) is 70.2 Å². The van der Waals surface area contributed by atoms with Crippen LogP contribution in [0.4, 0.5) is 0 Å². The highest BCUT2D eigenvalue weighted by molar-refractivity contribution is 6.09. The lowest BCUT2D eigenvalue weighted by molar-refractivity contribution is 0.482. The zero-order chi connectivity index (χ0) is 31.8. The first-order valence-corrected chi connectivity index (χ1v) is 16.5. The first kappa shape index (κ1) is 29.5. The van der Waals surface area contributed by atoms with Crippen molar-refractivity contribution in [2.24, 2.45) is 0 Å². The molecule has 7 rings (SSSR count). The molecule has 0 aliphatic rings. The number of para-hydroxylation sites is 1. The molecule has 0 bridgehead atoms. The Morgan fingerprint density at radius 1 is 0.630 bits per heavy atom. The van der Waals surface area contributed by atoms with Crippen molar-refractivity contribution in [3.05, 3.63) is 131 Å². The molecule has 0 aliphatic heterocycles. The molecule has 3 heterocycles. The molecule has 230 valence electrons. The highest BCUT2D eigenvalue weighted by Gasteiger charge is 2.22. The Morgan fingerprint density at radius 3 is 2.11 bits per heavy atom. The normalized spacial score (nSPS) is 11.5. The molecule has 0 amide bonds. The van der Waals surface area contributed by atoms with E-state index in [0.717, 1.165) is 65.4 Å². The second-order valence-corrected chi connectivity index (χ2v) is 11.9. The number of nitrogens with zero attached hydrogens (tertiary/aromatic N) is 4. The van der Waals surface area contributed by atoms with E-state index < -0.39 is 0 Å². The third kappa shape index (κ3) is 5.06. The summed E-state index contributed by atoms with van der Waals surface area (Å²) < 4.78 is 10.9. The van der Waals surface area contributed by atoms with Crippen LogP contribution in [0.5, 0.6) is 11.5 Å². The zero-order valence-electron chi connectivity index (χ0n) is 27.3. The minimum atomic E-state index is 0.772. The largest absolute Gasteiger partial charge is 0.457 e. The maximum Gasteiger partial charge on any atom is 0.137 e. The second kappa shape index (κ2) is 12.3. The number of pyridine rings is 1. The minimum absolute atomic E-state index is 0.772. The Hall–Kier alpha value is -5.16. The summed E-state index contributed by atoms with van der Waals surface area (Å²) >= 11 is 0. The van der Waals surface area contributed by atoms with Gasteiger partial charge in [0, 0.05) is 34.7 Å². The first-order chi connectivity index (χ1) is 22.5. The Labute approximate surface area is 271 Å². The van der Waals surface area contributed by atoms with Crippen LogP contribution in [0.2, 0.25) is 0 Å². The van der Waals surface area contributed by atoms with E-state index in [0.29, 0.717) is 0 Å². The van der Waals surface area contributed by atoms with Crippen molar-refractivity contribution in [2.75, 3.05) is 0 Å². The van der Waals surface area contributed by atoms with Gasteiger partial charge in [-0.05, 0) is 97.3 Å². The fourth-order valence-electron chi connectivity index (χ4n) is 6.86. The van der Waals surface area contributed by atoms with Crippen LogP contribution in [0.3, 0.4) is 0 Å². The van der Waals surface area contributed by atoms with Gasteiger partial charge in [-0.25, -0.2) is 9.67 Å². The van der Waals surface area contributed by atoms with Gasteiger partial charge in [-0.15, -0.1) is 0 Å². The molecule has 0 aliphatic carbocycles. The summed E-state index contributed by atoms with van der Waals surface area (Å²) in [6, 6.07) is 34.0. The van der Waals surface area contributed by atoms with Crippen molar-refractivity contribution in [1.29, 1.82) is 0 Å². The van der Waals surface area contributed by atoms with Crippen LogP contribution in [0.15, 0.2) is 103 Å². The Balaban J connectivity index is 1.31. The van der Waals surface area contributed by atoms with E-state index in [9.17, 15) is 0 Å². The van der Waals surface area contributed by atoms with Crippen molar-refractivity contribution >= 4 is 21.8 Å². The van der Waals surface area contributed by atoms with E-state index in [1.165, 1.54) is 44.3 Å². The third-order valence-electron chi connectivity index (χ3n) is 9.05. The molecule has 5 heteroatoms. The van der Waals surface area contributed by atoms with Crippen LogP contribution < -0.4 is 4.74 Å². The van der Waals surface area contributed by atoms with Crippen molar-refractivity contribution in [3.63, 3.8) is 0 Å². The van der Waals surface area contributed by atoms with Gasteiger partial charge in [0.25, 0.3) is 0 Å². The van der Waals surface area contributed by atoms with E-state index in [2.05, 4.69) is 129 Å². The van der Waals surface area contributed by atoms with Gasteiger partial charge < -0.3 is 4.74 Å². The smallest absolute Gasteiger partial charge is 0.137 e. The van der Waals surface area contributed by atoms with Crippen LogP contribution in [-0.2, 0) is 25.7 Å². The molecule has 5 nitrogen and oxygen atoms in total. The van der Waals surface area contributed by atoms with Gasteiger partial charge in [0.2, 0.25) is 0 Å². The number of benzene rings is 4. The molecule has 0 N–H and O–H groups in total. The lowest BCUT2D eigenvalue weighted by Crippen LogP contribution is -2.03. The topological polar surface area (TPSA) is 44.9 Å². The monoisotopic (exact) mass is 604 g/mol. The van der Waals surface area contributed by atoms with E-state index >= 15 is 0 Å². The van der Waals surface area contributed by atoms with Gasteiger partial charge in [0.05, 0.1) is 28.1 Å². The van der Waals surface area contributed by atoms with Gasteiger partial charge in [0.15, 0.2) is 0 Å². The molecule has 0 saturated carbocycles. The average Bonchev–Trinajstić information content (AvgIpc) is 3.63. The van der Waals surface area contributed by atoms with Gasteiger partial charge in [-0.3, -0.25) is 4.57 Å². The summed E-state index contributed by atoms with van der Waals surface area (Å²) in [6.45, 7) is 11.0. The maximum absolute atomic E-state index is 6.58. The van der Waals surface area contributed by atoms with Crippen LogP contribution >= 0.6 is 0 Å². The zero-order valence-corrected chi connectivity index (χ0v) is 27.3. The highest BCUT2D eigenvalue weighted by Crippen LogP contribution is 2.38. The fraction of sp³-hybridized carbons (Fsp3) is 0.220. The van der Waals surface area contributed by atoms with E-state index in [-0.39, 0.29) is 0 Å². The summed E-state index contributed by atoms with van der Waals surface area (Å²) in [5.74, 6) is 2.44. The van der Waals surface area contributed by atoms with E-state index in [1.807, 2.05) is 18.3 Å². The Bertz CT molecular complexity index is 2180.